The lowest BCUT2D eigenvalue weighted by atomic mass is 9.88. The number of benzene rings is 2. The second-order valence-corrected chi connectivity index (χ2v) is 8.68. The van der Waals surface area contributed by atoms with E-state index in [0.717, 1.165) is 19.3 Å². The molecule has 1 N–H and O–H groups in total. The zero-order valence-electron chi connectivity index (χ0n) is 16.7. The highest BCUT2D eigenvalue weighted by atomic mass is 32.2. The minimum absolute atomic E-state index is 0.0261. The number of carbonyl (C=O) groups is 1. The number of nitrogens with one attached hydrogen (secondary N) is 1. The van der Waals surface area contributed by atoms with E-state index in [1.54, 1.807) is 10.6 Å². The second-order valence-electron chi connectivity index (χ2n) is 7.37. The number of nitrogens with zero attached hydrogens (tertiary/aromatic N) is 2. The molecule has 6 heteroatoms. The predicted molar refractivity (Wildman–Crippen MR) is 117 cm³/mol. The van der Waals surface area contributed by atoms with Gasteiger partial charge in [0.2, 0.25) is 5.91 Å². The van der Waals surface area contributed by atoms with E-state index in [9.17, 15) is 9.59 Å². The summed E-state index contributed by atoms with van der Waals surface area (Å²) in [6.07, 6.45) is 3.09. The van der Waals surface area contributed by atoms with Crippen molar-refractivity contribution in [2.75, 3.05) is 0 Å². The maximum atomic E-state index is 12.9. The maximum absolute atomic E-state index is 12.9. The van der Waals surface area contributed by atoms with Crippen molar-refractivity contribution < 1.29 is 4.79 Å². The summed E-state index contributed by atoms with van der Waals surface area (Å²) in [5.74, 6) is -0.0261. The molecule has 0 unspecified atom stereocenters. The molecule has 0 aliphatic heterocycles. The first kappa shape index (κ1) is 19.7. The third-order valence-corrected chi connectivity index (χ3v) is 6.57. The lowest BCUT2D eigenvalue weighted by Crippen LogP contribution is -2.36. The van der Waals surface area contributed by atoms with Crippen LogP contribution in [0.25, 0.3) is 10.9 Å². The van der Waals surface area contributed by atoms with Crippen molar-refractivity contribution in [3.8, 4) is 0 Å². The summed E-state index contributed by atoms with van der Waals surface area (Å²) in [6, 6.07) is 15.7. The number of para-hydroxylation sites is 1. The fourth-order valence-corrected chi connectivity index (χ4v) is 4.90. The number of carbonyl (C=O) groups excluding carboxylic acids is 1. The number of amides is 1. The van der Waals surface area contributed by atoms with Crippen molar-refractivity contribution in [1.29, 1.82) is 0 Å². The summed E-state index contributed by atoms with van der Waals surface area (Å²) < 4.78 is 1.65. The fraction of sp³-hybridized carbons (Fsp3) is 0.348. The van der Waals surface area contributed by atoms with E-state index in [4.69, 9.17) is 0 Å². The summed E-state index contributed by atoms with van der Waals surface area (Å²) in [5, 5.41) is 4.05. The standard InChI is InChI=1S/C23H25N3O2S/c1-3-26-22(28)18-12-6-7-13-20(18)25-23(26)29-15(2)21(27)24-19-14-8-10-16-9-4-5-11-17(16)19/h4-7,9,11-13,15,19H,3,8,10,14H2,1-2H3,(H,24,27)/t15-,19-/m0/s1. The van der Waals surface area contributed by atoms with Gasteiger partial charge in [-0.2, -0.15) is 0 Å². The Labute approximate surface area is 174 Å². The molecule has 2 aromatic carbocycles. The topological polar surface area (TPSA) is 64.0 Å². The summed E-state index contributed by atoms with van der Waals surface area (Å²) in [4.78, 5) is 30.4. The number of rotatable bonds is 5. The van der Waals surface area contributed by atoms with Crippen LogP contribution in [0.1, 0.15) is 43.9 Å². The molecule has 0 fully saturated rings. The molecule has 4 rings (SSSR count). The van der Waals surface area contributed by atoms with E-state index in [-0.39, 0.29) is 22.8 Å². The van der Waals surface area contributed by atoms with Crippen LogP contribution in [-0.2, 0) is 17.8 Å². The summed E-state index contributed by atoms with van der Waals surface area (Å²) in [5.41, 5.74) is 3.15. The van der Waals surface area contributed by atoms with Crippen LogP contribution in [-0.4, -0.2) is 20.7 Å². The van der Waals surface area contributed by atoms with Gasteiger partial charge in [-0.1, -0.05) is 48.2 Å². The van der Waals surface area contributed by atoms with E-state index in [1.165, 1.54) is 22.9 Å². The Balaban J connectivity index is 1.55. The molecule has 1 aromatic heterocycles. The average Bonchev–Trinajstić information content (AvgIpc) is 2.74. The van der Waals surface area contributed by atoms with Crippen LogP contribution in [0.2, 0.25) is 0 Å². The van der Waals surface area contributed by atoms with Crippen LogP contribution in [0, 0.1) is 0 Å². The van der Waals surface area contributed by atoms with Gasteiger partial charge in [-0.05, 0) is 56.4 Å². The van der Waals surface area contributed by atoms with Crippen molar-refractivity contribution in [3.05, 3.63) is 70.0 Å². The second kappa shape index (κ2) is 8.41. The van der Waals surface area contributed by atoms with Gasteiger partial charge in [-0.25, -0.2) is 4.98 Å². The molecular weight excluding hydrogens is 382 g/mol. The average molecular weight is 408 g/mol. The molecule has 2 atom stereocenters. The van der Waals surface area contributed by atoms with Crippen molar-refractivity contribution in [2.45, 2.75) is 56.1 Å². The third-order valence-electron chi connectivity index (χ3n) is 5.48. The van der Waals surface area contributed by atoms with Gasteiger partial charge < -0.3 is 5.32 Å². The Kier molecular flexibility index (Phi) is 5.72. The van der Waals surface area contributed by atoms with Crippen LogP contribution in [0.15, 0.2) is 58.5 Å². The normalized spacial score (nSPS) is 17.0. The first-order chi connectivity index (χ1) is 14.1. The van der Waals surface area contributed by atoms with Crippen LogP contribution >= 0.6 is 11.8 Å². The highest BCUT2D eigenvalue weighted by Crippen LogP contribution is 2.30. The molecule has 3 aromatic rings. The Morgan fingerprint density at radius 1 is 1.24 bits per heavy atom. The molecule has 0 saturated carbocycles. The van der Waals surface area contributed by atoms with Crippen molar-refractivity contribution >= 4 is 28.6 Å². The number of aryl methyl sites for hydroxylation is 1. The van der Waals surface area contributed by atoms with Crippen molar-refractivity contribution in [2.24, 2.45) is 0 Å². The SMILES string of the molecule is CCn1c(S[C@@H](C)C(=O)N[C@H]2CCCc3ccccc32)nc2ccccc2c1=O. The zero-order chi connectivity index (χ0) is 20.4. The third kappa shape index (κ3) is 3.94. The van der Waals surface area contributed by atoms with Crippen LogP contribution in [0.5, 0.6) is 0 Å². The Bertz CT molecular complexity index is 1110. The zero-order valence-corrected chi connectivity index (χ0v) is 17.5. The summed E-state index contributed by atoms with van der Waals surface area (Å²) >= 11 is 1.34. The molecule has 5 nitrogen and oxygen atoms in total. The van der Waals surface area contributed by atoms with Gasteiger partial charge in [0.15, 0.2) is 5.16 Å². The molecule has 1 amide bonds. The van der Waals surface area contributed by atoms with E-state index >= 15 is 0 Å². The molecule has 1 heterocycles. The monoisotopic (exact) mass is 407 g/mol. The van der Waals surface area contributed by atoms with Crippen LogP contribution in [0.3, 0.4) is 0 Å². The minimum atomic E-state index is -0.352. The number of thioether (sulfide) groups is 1. The van der Waals surface area contributed by atoms with Gasteiger partial charge in [0, 0.05) is 6.54 Å². The largest absolute Gasteiger partial charge is 0.348 e. The summed E-state index contributed by atoms with van der Waals surface area (Å²) in [6.45, 7) is 4.31. The number of fused-ring (bicyclic) bond motifs is 2. The smallest absolute Gasteiger partial charge is 0.262 e. The predicted octanol–water partition coefficient (Wildman–Crippen LogP) is 4.09. The van der Waals surface area contributed by atoms with E-state index in [1.807, 2.05) is 38.1 Å². The molecule has 150 valence electrons. The molecule has 1 aliphatic rings. The first-order valence-electron chi connectivity index (χ1n) is 10.1. The van der Waals surface area contributed by atoms with E-state index in [2.05, 4.69) is 28.5 Å². The molecular formula is C23H25N3O2S. The highest BCUT2D eigenvalue weighted by molar-refractivity contribution is 8.00. The van der Waals surface area contributed by atoms with Crippen molar-refractivity contribution in [1.82, 2.24) is 14.9 Å². The number of aromatic nitrogens is 2. The number of hydrogen-bond acceptors (Lipinski definition) is 4. The van der Waals surface area contributed by atoms with E-state index < -0.39 is 0 Å². The van der Waals surface area contributed by atoms with Gasteiger partial charge in [-0.15, -0.1) is 0 Å². The molecule has 29 heavy (non-hydrogen) atoms. The molecule has 0 saturated heterocycles. The van der Waals surface area contributed by atoms with Crippen molar-refractivity contribution in [3.63, 3.8) is 0 Å². The Hall–Kier alpha value is -2.60. The molecule has 0 spiro atoms. The lowest BCUT2D eigenvalue weighted by molar-refractivity contribution is -0.121. The van der Waals surface area contributed by atoms with Gasteiger partial charge in [-0.3, -0.25) is 14.2 Å². The van der Waals surface area contributed by atoms with Gasteiger partial charge >= 0.3 is 0 Å². The van der Waals surface area contributed by atoms with Gasteiger partial charge in [0.25, 0.3) is 5.56 Å². The van der Waals surface area contributed by atoms with Crippen LogP contribution < -0.4 is 10.9 Å². The highest BCUT2D eigenvalue weighted by Gasteiger charge is 2.25. The lowest BCUT2D eigenvalue weighted by Gasteiger charge is -2.27. The fourth-order valence-electron chi connectivity index (χ4n) is 3.92. The molecule has 1 aliphatic carbocycles. The minimum Gasteiger partial charge on any atom is -0.348 e. The Morgan fingerprint density at radius 3 is 2.83 bits per heavy atom. The van der Waals surface area contributed by atoms with E-state index in [0.29, 0.717) is 22.6 Å². The van der Waals surface area contributed by atoms with Gasteiger partial charge in [0.1, 0.15) is 0 Å². The quantitative estimate of drug-likeness (QED) is 0.511. The number of hydrogen-bond donors (Lipinski definition) is 1. The van der Waals surface area contributed by atoms with Crippen LogP contribution in [0.4, 0.5) is 0 Å². The molecule has 0 bridgehead atoms. The summed E-state index contributed by atoms with van der Waals surface area (Å²) in [7, 11) is 0. The Morgan fingerprint density at radius 2 is 2.00 bits per heavy atom. The van der Waals surface area contributed by atoms with Gasteiger partial charge in [0.05, 0.1) is 22.2 Å². The molecule has 0 radical (unpaired) electrons. The first-order valence-corrected chi connectivity index (χ1v) is 11.0. The maximum Gasteiger partial charge on any atom is 0.262 e.